The van der Waals surface area contributed by atoms with Gasteiger partial charge in [-0.25, -0.2) is 4.79 Å². The van der Waals surface area contributed by atoms with Gasteiger partial charge in [0.25, 0.3) is 0 Å². The van der Waals surface area contributed by atoms with Crippen molar-refractivity contribution in [1.82, 2.24) is 5.32 Å². The molecule has 138 valence electrons. The van der Waals surface area contributed by atoms with Crippen molar-refractivity contribution in [2.75, 3.05) is 49.3 Å². The third-order valence-electron chi connectivity index (χ3n) is 5.15. The Morgan fingerprint density at radius 3 is 2.73 bits per heavy atom. The maximum atomic E-state index is 12.4. The lowest BCUT2D eigenvalue weighted by atomic mass is 9.90. The molecule has 1 atom stereocenters. The molecule has 1 heterocycles. The smallest absolute Gasteiger partial charge is 0.319 e. The molecule has 26 heavy (non-hydrogen) atoms. The zero-order chi connectivity index (χ0) is 18.7. The highest BCUT2D eigenvalue weighted by Crippen LogP contribution is 2.33. The van der Waals surface area contributed by atoms with Crippen molar-refractivity contribution in [2.45, 2.75) is 19.3 Å². The predicted molar refractivity (Wildman–Crippen MR) is 110 cm³/mol. The third kappa shape index (κ3) is 3.77. The Kier molecular flexibility index (Phi) is 5.35. The van der Waals surface area contributed by atoms with Gasteiger partial charge in [0.05, 0.1) is 0 Å². The number of carbonyl (C=O) groups excluding carboxylic acids is 1. The van der Waals surface area contributed by atoms with E-state index in [-0.39, 0.29) is 6.03 Å². The lowest BCUT2D eigenvalue weighted by molar-refractivity contribution is 0.251. The van der Waals surface area contributed by atoms with E-state index >= 15 is 0 Å². The minimum Gasteiger partial charge on any atom is -0.377 e. The number of carbonyl (C=O) groups is 1. The molecule has 0 aromatic heterocycles. The van der Waals surface area contributed by atoms with Crippen molar-refractivity contribution in [3.8, 4) is 0 Å². The Labute approximate surface area is 156 Å². The molecule has 0 fully saturated rings. The number of rotatable bonds is 4. The summed E-state index contributed by atoms with van der Waals surface area (Å²) in [6.07, 6.45) is 1.04. The fraction of sp³-hybridized carbons (Fsp3) is 0.381. The number of anilines is 3. The first-order valence-corrected chi connectivity index (χ1v) is 9.09. The molecular formula is C21H28N4O. The summed E-state index contributed by atoms with van der Waals surface area (Å²) in [6.45, 7) is 3.68. The zero-order valence-electron chi connectivity index (χ0n) is 16.0. The van der Waals surface area contributed by atoms with Crippen molar-refractivity contribution >= 4 is 23.1 Å². The summed E-state index contributed by atoms with van der Waals surface area (Å²) in [5.74, 6) is 0.349. The quantitative estimate of drug-likeness (QED) is 0.880. The molecule has 5 heteroatoms. The highest BCUT2D eigenvalue weighted by molar-refractivity contribution is 5.91. The summed E-state index contributed by atoms with van der Waals surface area (Å²) in [4.78, 5) is 16.7. The van der Waals surface area contributed by atoms with Crippen LogP contribution in [-0.4, -0.2) is 40.3 Å². The van der Waals surface area contributed by atoms with Crippen molar-refractivity contribution in [3.63, 3.8) is 0 Å². The van der Waals surface area contributed by atoms with Crippen LogP contribution in [-0.2, 0) is 0 Å². The van der Waals surface area contributed by atoms with Crippen molar-refractivity contribution in [3.05, 3.63) is 53.6 Å². The predicted octanol–water partition coefficient (Wildman–Crippen LogP) is 3.81. The van der Waals surface area contributed by atoms with E-state index in [2.05, 4.69) is 46.8 Å². The summed E-state index contributed by atoms with van der Waals surface area (Å²) < 4.78 is 0. The van der Waals surface area contributed by atoms with Gasteiger partial charge >= 0.3 is 6.03 Å². The maximum Gasteiger partial charge on any atom is 0.319 e. The highest BCUT2D eigenvalue weighted by atomic mass is 16.2. The Morgan fingerprint density at radius 1 is 1.19 bits per heavy atom. The van der Waals surface area contributed by atoms with Gasteiger partial charge in [-0.05, 0) is 42.7 Å². The van der Waals surface area contributed by atoms with E-state index in [9.17, 15) is 4.79 Å². The first-order valence-electron chi connectivity index (χ1n) is 9.09. The number of hydrogen-bond acceptors (Lipinski definition) is 3. The van der Waals surface area contributed by atoms with Gasteiger partial charge < -0.3 is 20.4 Å². The second-order valence-corrected chi connectivity index (χ2v) is 7.15. The van der Waals surface area contributed by atoms with Crippen LogP contribution in [0.4, 0.5) is 21.9 Å². The van der Waals surface area contributed by atoms with Gasteiger partial charge in [0.1, 0.15) is 0 Å². The van der Waals surface area contributed by atoms with Crippen molar-refractivity contribution < 1.29 is 4.79 Å². The Bertz CT molecular complexity index is 787. The van der Waals surface area contributed by atoms with Crippen LogP contribution in [0.25, 0.3) is 0 Å². The van der Waals surface area contributed by atoms with Crippen LogP contribution in [0.2, 0.25) is 0 Å². The first kappa shape index (κ1) is 18.1. The highest BCUT2D eigenvalue weighted by Gasteiger charge is 2.23. The van der Waals surface area contributed by atoms with E-state index in [1.165, 1.54) is 11.3 Å². The number of nitrogens with zero attached hydrogens (tertiary/aromatic N) is 2. The van der Waals surface area contributed by atoms with E-state index in [1.54, 1.807) is 0 Å². The molecule has 0 bridgehead atoms. The average Bonchev–Trinajstić information content (AvgIpc) is 2.63. The Hall–Kier alpha value is -2.69. The molecule has 0 aliphatic carbocycles. The van der Waals surface area contributed by atoms with E-state index in [0.717, 1.165) is 29.9 Å². The molecule has 1 aliphatic rings. The second kappa shape index (κ2) is 7.68. The summed E-state index contributed by atoms with van der Waals surface area (Å²) in [5, 5.41) is 6.04. The summed E-state index contributed by atoms with van der Waals surface area (Å²) in [6, 6.07) is 14.3. The SMILES string of the molecule is Cc1c(NC(=O)NCC2CCN(C)c3ccccc32)cccc1N(C)C. The molecule has 1 unspecified atom stereocenters. The van der Waals surface area contributed by atoms with Gasteiger partial charge in [-0.3, -0.25) is 0 Å². The van der Waals surface area contributed by atoms with Crippen LogP contribution in [0.15, 0.2) is 42.5 Å². The molecule has 5 nitrogen and oxygen atoms in total. The van der Waals surface area contributed by atoms with Crippen LogP contribution < -0.4 is 20.4 Å². The van der Waals surface area contributed by atoms with Gasteiger partial charge in [-0.15, -0.1) is 0 Å². The first-order chi connectivity index (χ1) is 12.5. The standard InChI is InChI=1S/C21H28N4O/c1-15-18(9-7-11-19(15)24(2)3)23-21(26)22-14-16-12-13-25(4)20-10-6-5-8-17(16)20/h5-11,16H,12-14H2,1-4H3,(H2,22,23,26). The van der Waals surface area contributed by atoms with Crippen LogP contribution in [0.1, 0.15) is 23.5 Å². The Balaban J connectivity index is 1.64. The minimum absolute atomic E-state index is 0.152. The molecule has 2 N–H and O–H groups in total. The molecular weight excluding hydrogens is 324 g/mol. The van der Waals surface area contributed by atoms with Crippen molar-refractivity contribution in [2.24, 2.45) is 0 Å². The van der Waals surface area contributed by atoms with E-state index in [0.29, 0.717) is 12.5 Å². The zero-order valence-corrected chi connectivity index (χ0v) is 16.0. The molecule has 0 saturated carbocycles. The molecule has 0 radical (unpaired) electrons. The van der Waals surface area contributed by atoms with Gasteiger partial charge in [0.15, 0.2) is 0 Å². The van der Waals surface area contributed by atoms with Gasteiger partial charge in [-0.1, -0.05) is 24.3 Å². The van der Waals surface area contributed by atoms with E-state index < -0.39 is 0 Å². The summed E-state index contributed by atoms with van der Waals surface area (Å²) in [7, 11) is 6.13. The summed E-state index contributed by atoms with van der Waals surface area (Å²) in [5.41, 5.74) is 5.59. The normalized spacial score (nSPS) is 16.0. The molecule has 1 aliphatic heterocycles. The fourth-order valence-corrected chi connectivity index (χ4v) is 3.64. The van der Waals surface area contributed by atoms with Crippen LogP contribution in [0, 0.1) is 6.92 Å². The summed E-state index contributed by atoms with van der Waals surface area (Å²) >= 11 is 0. The molecule has 2 amide bonds. The van der Waals surface area contributed by atoms with Gasteiger partial charge in [0, 0.05) is 57.2 Å². The minimum atomic E-state index is -0.152. The number of urea groups is 1. The molecule has 2 aromatic rings. The van der Waals surface area contributed by atoms with Crippen LogP contribution >= 0.6 is 0 Å². The van der Waals surface area contributed by atoms with E-state index in [1.807, 2.05) is 44.1 Å². The topological polar surface area (TPSA) is 47.6 Å². The number of fused-ring (bicyclic) bond motifs is 1. The van der Waals surface area contributed by atoms with Crippen molar-refractivity contribution in [1.29, 1.82) is 0 Å². The number of amides is 2. The number of hydrogen-bond donors (Lipinski definition) is 2. The monoisotopic (exact) mass is 352 g/mol. The molecule has 3 rings (SSSR count). The molecule has 2 aromatic carbocycles. The Morgan fingerprint density at radius 2 is 1.96 bits per heavy atom. The fourth-order valence-electron chi connectivity index (χ4n) is 3.64. The van der Waals surface area contributed by atoms with Crippen LogP contribution in [0.5, 0.6) is 0 Å². The third-order valence-corrected chi connectivity index (χ3v) is 5.15. The number of para-hydroxylation sites is 1. The lowest BCUT2D eigenvalue weighted by Crippen LogP contribution is -2.36. The van der Waals surface area contributed by atoms with Gasteiger partial charge in [-0.2, -0.15) is 0 Å². The lowest BCUT2D eigenvalue weighted by Gasteiger charge is -2.33. The van der Waals surface area contributed by atoms with E-state index in [4.69, 9.17) is 0 Å². The molecule has 0 saturated heterocycles. The molecule has 0 spiro atoms. The number of benzene rings is 2. The number of nitrogens with one attached hydrogen (secondary N) is 2. The maximum absolute atomic E-state index is 12.4. The average molecular weight is 352 g/mol. The van der Waals surface area contributed by atoms with Crippen LogP contribution in [0.3, 0.4) is 0 Å². The second-order valence-electron chi connectivity index (χ2n) is 7.15. The largest absolute Gasteiger partial charge is 0.377 e. The van der Waals surface area contributed by atoms with Gasteiger partial charge in [0.2, 0.25) is 0 Å².